The summed E-state index contributed by atoms with van der Waals surface area (Å²) in [5.74, 6) is -2.82. The van der Waals surface area contributed by atoms with Gasteiger partial charge in [-0.15, -0.1) is 0 Å². The van der Waals surface area contributed by atoms with Crippen LogP contribution in [-0.2, 0) is 25.2 Å². The molecule has 2 N–H and O–H groups in total. The second-order valence-corrected chi connectivity index (χ2v) is 8.22. The van der Waals surface area contributed by atoms with Gasteiger partial charge in [0.1, 0.15) is 5.82 Å². The van der Waals surface area contributed by atoms with Crippen molar-refractivity contribution >= 4 is 34.5 Å². The minimum atomic E-state index is -4.07. The van der Waals surface area contributed by atoms with Crippen LogP contribution in [-0.4, -0.2) is 64.8 Å². The predicted octanol–water partition coefficient (Wildman–Crippen LogP) is 2.09. The van der Waals surface area contributed by atoms with E-state index in [9.17, 15) is 22.0 Å². The molecule has 1 aromatic heterocycles. The van der Waals surface area contributed by atoms with Gasteiger partial charge in [0.2, 0.25) is 0 Å². The quantitative estimate of drug-likeness (QED) is 0.407. The Morgan fingerprint density at radius 3 is 2.37 bits per heavy atom. The summed E-state index contributed by atoms with van der Waals surface area (Å²) >= 11 is 0. The van der Waals surface area contributed by atoms with E-state index in [1.165, 1.54) is 32.5 Å². The molecule has 0 saturated heterocycles. The second kappa shape index (κ2) is 16.1. The number of methoxy groups -OCH3 is 1. The summed E-state index contributed by atoms with van der Waals surface area (Å²) in [5.41, 5.74) is -0.208. The predicted molar refractivity (Wildman–Crippen MR) is 130 cm³/mol. The molecule has 2 aromatic rings. The molecule has 35 heavy (non-hydrogen) atoms. The number of hydrogen-bond donors (Lipinski definition) is 2. The van der Waals surface area contributed by atoms with E-state index in [1.807, 2.05) is 13.8 Å². The zero-order valence-electron chi connectivity index (χ0n) is 20.3. The Labute approximate surface area is 204 Å². The Morgan fingerprint density at radius 1 is 1.23 bits per heavy atom. The number of halogens is 2. The van der Waals surface area contributed by atoms with E-state index in [0.717, 1.165) is 35.8 Å². The number of aromatic nitrogens is 1. The normalized spacial score (nSPS) is 10.2. The van der Waals surface area contributed by atoms with E-state index in [1.54, 1.807) is 14.2 Å². The summed E-state index contributed by atoms with van der Waals surface area (Å²) in [4.78, 5) is 15.8. The average Bonchev–Trinajstić information content (AvgIpc) is 2.83. The van der Waals surface area contributed by atoms with E-state index < -0.39 is 33.3 Å². The molecule has 0 aliphatic rings. The van der Waals surface area contributed by atoms with Crippen LogP contribution in [0.25, 0.3) is 0 Å². The van der Waals surface area contributed by atoms with Crippen LogP contribution in [0.15, 0.2) is 36.5 Å². The average molecular weight is 511 g/mol. The first-order valence-electron chi connectivity index (χ1n) is 10.1. The van der Waals surface area contributed by atoms with Crippen LogP contribution in [0.4, 0.5) is 14.5 Å². The summed E-state index contributed by atoms with van der Waals surface area (Å²) in [6.45, 7) is 4.00. The van der Waals surface area contributed by atoms with Gasteiger partial charge in [-0.25, -0.2) is 4.39 Å². The fourth-order valence-corrected chi connectivity index (χ4v) is 3.53. The van der Waals surface area contributed by atoms with Crippen molar-refractivity contribution in [2.24, 2.45) is 0 Å². The molecule has 0 radical (unpaired) electrons. The summed E-state index contributed by atoms with van der Waals surface area (Å²) < 4.78 is 61.8. The molecule has 0 fully saturated rings. The van der Waals surface area contributed by atoms with Gasteiger partial charge in [0.15, 0.2) is 0 Å². The molecule has 1 heterocycles. The van der Waals surface area contributed by atoms with Gasteiger partial charge in [0, 0.05) is 14.2 Å². The van der Waals surface area contributed by atoms with Crippen molar-refractivity contribution in [1.82, 2.24) is 14.6 Å². The second-order valence-electron chi connectivity index (χ2n) is 6.22. The third kappa shape index (κ3) is 10.5. The Kier molecular flexibility index (Phi) is 14.5. The maximum absolute atomic E-state index is 14.2. The van der Waals surface area contributed by atoms with Crippen molar-refractivity contribution < 1.29 is 31.4 Å². The molecule has 0 aliphatic heterocycles. The van der Waals surface area contributed by atoms with Crippen LogP contribution in [0.1, 0.15) is 29.9 Å². The Bertz CT molecular complexity index is 1130. The smallest absolute Gasteiger partial charge is 0.0351 e. The number of amides is 1. The number of nitrogens with one attached hydrogen (secondary N) is 2. The summed E-state index contributed by atoms with van der Waals surface area (Å²) in [6, 6.07) is 5.64. The van der Waals surface area contributed by atoms with E-state index in [-0.39, 0.29) is 22.7 Å². The van der Waals surface area contributed by atoms with Gasteiger partial charge in [0.25, 0.3) is 0 Å². The van der Waals surface area contributed by atoms with Crippen molar-refractivity contribution in [2.45, 2.75) is 19.6 Å². The molecule has 10 nitrogen and oxygen atoms in total. The number of nitrogens with zero attached hydrogens (tertiary/aromatic N) is 3. The van der Waals surface area contributed by atoms with Crippen LogP contribution < -0.4 is 10.6 Å². The number of benzene rings is 1. The summed E-state index contributed by atoms with van der Waals surface area (Å²) in [5, 5.41) is 13.4. The van der Waals surface area contributed by atoms with Crippen molar-refractivity contribution in [1.29, 1.82) is 5.26 Å². The zero-order chi connectivity index (χ0) is 27.0. The third-order valence-electron chi connectivity index (χ3n) is 3.84. The Morgan fingerprint density at radius 2 is 1.86 bits per heavy atom. The topological polar surface area (TPSA) is 134 Å². The minimum Gasteiger partial charge on any atom is -0.388 e. The van der Waals surface area contributed by atoms with Gasteiger partial charge >= 0.3 is 162 Å². The van der Waals surface area contributed by atoms with Gasteiger partial charge in [0.05, 0.1) is 0 Å². The number of rotatable bonds is 8. The molecule has 0 saturated carbocycles. The zero-order valence-corrected chi connectivity index (χ0v) is 21.1. The number of sulfonamides is 1. The first kappa shape index (κ1) is 31.4. The number of carbonyl (C=O) groups is 1. The van der Waals surface area contributed by atoms with Crippen LogP contribution in [0.3, 0.4) is 0 Å². The van der Waals surface area contributed by atoms with Crippen LogP contribution in [0, 0.1) is 23.2 Å². The Balaban J connectivity index is 0.00000214. The number of ether oxygens (including phenoxy) is 1. The molecular weight excluding hydrogens is 483 g/mol. The van der Waals surface area contributed by atoms with Crippen molar-refractivity contribution in [3.63, 3.8) is 0 Å². The molecule has 190 valence electrons. The SMILES string of the molecule is CC.CNC(=BOC#N)N(C)S(=O)(=O)Cc1cc(NC(=O)c2ccc(F)cn2)ccc1F.COC. The largest absolute Gasteiger partial charge is 0.388 e. The fraction of sp³-hybridized carbons (Fsp3) is 0.333. The summed E-state index contributed by atoms with van der Waals surface area (Å²) in [6.07, 6.45) is 2.25. The third-order valence-corrected chi connectivity index (χ3v) is 5.54. The molecule has 0 atom stereocenters. The fourth-order valence-electron chi connectivity index (χ4n) is 2.28. The molecule has 0 unspecified atom stereocenters. The monoisotopic (exact) mass is 511 g/mol. The van der Waals surface area contributed by atoms with E-state index in [4.69, 9.17) is 5.26 Å². The van der Waals surface area contributed by atoms with Crippen LogP contribution in [0.2, 0.25) is 0 Å². The molecule has 2 rings (SSSR count). The van der Waals surface area contributed by atoms with Gasteiger partial charge in [-0.05, 0) is 0 Å². The molecule has 0 spiro atoms. The van der Waals surface area contributed by atoms with Gasteiger partial charge in [-0.2, -0.15) is 0 Å². The Hall–Kier alpha value is -3.57. The standard InChI is InChI=1S/C17H16BF2N5O4S.C2H6O.C2H6/c1-22-17(18-29-10-21)25(2)30(27,28)9-11-7-13(4-5-14(11)20)24-16(26)15-6-3-12(19)8-23-15;1-3-2;1-2/h3-8,22H,9H2,1-2H3,(H,24,26);1-2H3;1-2H3. The number of nitriles is 1. The molecule has 0 aliphatic carbocycles. The van der Waals surface area contributed by atoms with E-state index in [0.29, 0.717) is 0 Å². The minimum absolute atomic E-state index is 0.0520. The number of anilines is 1. The summed E-state index contributed by atoms with van der Waals surface area (Å²) in [7, 11) is 2.68. The van der Waals surface area contributed by atoms with Crippen LogP contribution in [0.5, 0.6) is 0 Å². The van der Waals surface area contributed by atoms with Crippen molar-refractivity contribution in [3.05, 3.63) is 59.4 Å². The number of hydrogen-bond acceptors (Lipinski definition) is 8. The molecule has 14 heteroatoms. The van der Waals surface area contributed by atoms with Gasteiger partial charge in [-0.1, -0.05) is 13.8 Å². The maximum atomic E-state index is 14.2. The molecular formula is C21H28BF2N5O5S. The van der Waals surface area contributed by atoms with Crippen molar-refractivity contribution in [3.8, 4) is 6.26 Å². The molecule has 0 bridgehead atoms. The van der Waals surface area contributed by atoms with Crippen LogP contribution >= 0.6 is 0 Å². The number of pyridine rings is 1. The number of carbonyl (C=O) groups excluding carboxylic acids is 1. The van der Waals surface area contributed by atoms with E-state index >= 15 is 0 Å². The van der Waals surface area contributed by atoms with Gasteiger partial charge < -0.3 is 4.74 Å². The van der Waals surface area contributed by atoms with E-state index in [2.05, 4.69) is 25.0 Å². The molecule has 1 aromatic carbocycles. The van der Waals surface area contributed by atoms with Crippen molar-refractivity contribution in [2.75, 3.05) is 33.6 Å². The first-order valence-corrected chi connectivity index (χ1v) is 11.7. The maximum Gasteiger partial charge on any atom is 0.0351 e. The van der Waals surface area contributed by atoms with Gasteiger partial charge in [-0.3, -0.25) is 0 Å². The molecule has 1 amide bonds. The first-order chi connectivity index (χ1) is 16.6.